The summed E-state index contributed by atoms with van der Waals surface area (Å²) in [7, 11) is 0. The number of halogens is 3. The summed E-state index contributed by atoms with van der Waals surface area (Å²) in [5.41, 5.74) is -0.381. The standard InChI is InChI=1S/C16H13F3O2/c1-9(2)21-11-5-3-4-10(8-11)16(20)12-6-7-13(17)15(19)14(12)18/h3-9H,1-2H3. The van der Waals surface area contributed by atoms with E-state index in [1.807, 2.05) is 13.8 Å². The van der Waals surface area contributed by atoms with Gasteiger partial charge in [-0.25, -0.2) is 13.2 Å². The van der Waals surface area contributed by atoms with Crippen LogP contribution in [-0.4, -0.2) is 11.9 Å². The highest BCUT2D eigenvalue weighted by atomic mass is 19.2. The monoisotopic (exact) mass is 294 g/mol. The molecular formula is C16H13F3O2. The molecule has 0 unspecified atom stereocenters. The van der Waals surface area contributed by atoms with Crippen molar-refractivity contribution in [3.63, 3.8) is 0 Å². The van der Waals surface area contributed by atoms with Gasteiger partial charge in [-0.15, -0.1) is 0 Å². The number of ketones is 1. The summed E-state index contributed by atoms with van der Waals surface area (Å²) >= 11 is 0. The van der Waals surface area contributed by atoms with Crippen LogP contribution in [0.3, 0.4) is 0 Å². The van der Waals surface area contributed by atoms with E-state index in [2.05, 4.69) is 0 Å². The number of ether oxygens (including phenoxy) is 1. The van der Waals surface area contributed by atoms with E-state index in [0.29, 0.717) is 5.75 Å². The minimum atomic E-state index is -1.66. The van der Waals surface area contributed by atoms with Gasteiger partial charge in [0.05, 0.1) is 11.7 Å². The molecule has 110 valence electrons. The number of benzene rings is 2. The fraction of sp³-hybridized carbons (Fsp3) is 0.188. The highest BCUT2D eigenvalue weighted by Crippen LogP contribution is 2.21. The molecular weight excluding hydrogens is 281 g/mol. The molecule has 0 aliphatic rings. The first-order valence-electron chi connectivity index (χ1n) is 6.35. The Hall–Kier alpha value is -2.30. The van der Waals surface area contributed by atoms with Crippen molar-refractivity contribution >= 4 is 5.78 Å². The lowest BCUT2D eigenvalue weighted by Gasteiger charge is -2.11. The number of hydrogen-bond acceptors (Lipinski definition) is 2. The van der Waals surface area contributed by atoms with Gasteiger partial charge < -0.3 is 4.74 Å². The van der Waals surface area contributed by atoms with Crippen LogP contribution in [0.25, 0.3) is 0 Å². The first-order chi connectivity index (χ1) is 9.90. The van der Waals surface area contributed by atoms with Gasteiger partial charge in [-0.1, -0.05) is 12.1 Å². The predicted octanol–water partition coefficient (Wildman–Crippen LogP) is 4.12. The summed E-state index contributed by atoms with van der Waals surface area (Å²) in [6, 6.07) is 7.76. The van der Waals surface area contributed by atoms with Gasteiger partial charge in [-0.2, -0.15) is 0 Å². The maximum atomic E-state index is 13.6. The molecule has 2 rings (SSSR count). The Morgan fingerprint density at radius 1 is 1.05 bits per heavy atom. The predicted molar refractivity (Wildman–Crippen MR) is 72.0 cm³/mol. The Balaban J connectivity index is 2.39. The first-order valence-corrected chi connectivity index (χ1v) is 6.35. The van der Waals surface area contributed by atoms with Crippen molar-refractivity contribution in [2.75, 3.05) is 0 Å². The van der Waals surface area contributed by atoms with Crippen LogP contribution < -0.4 is 4.74 Å². The van der Waals surface area contributed by atoms with Crippen LogP contribution in [0.2, 0.25) is 0 Å². The third-order valence-corrected chi connectivity index (χ3v) is 2.75. The van der Waals surface area contributed by atoms with E-state index >= 15 is 0 Å². The number of carbonyl (C=O) groups is 1. The van der Waals surface area contributed by atoms with Gasteiger partial charge in [0.2, 0.25) is 0 Å². The van der Waals surface area contributed by atoms with Crippen molar-refractivity contribution in [1.82, 2.24) is 0 Å². The average Bonchev–Trinajstić information content (AvgIpc) is 2.44. The lowest BCUT2D eigenvalue weighted by atomic mass is 10.0. The van der Waals surface area contributed by atoms with Crippen LogP contribution in [0, 0.1) is 17.5 Å². The smallest absolute Gasteiger partial charge is 0.196 e. The summed E-state index contributed by atoms with van der Waals surface area (Å²) < 4.78 is 45.2. The molecule has 0 heterocycles. The SMILES string of the molecule is CC(C)Oc1cccc(C(=O)c2ccc(F)c(F)c2F)c1. The summed E-state index contributed by atoms with van der Waals surface area (Å²) in [6.45, 7) is 3.65. The Morgan fingerprint density at radius 2 is 1.76 bits per heavy atom. The zero-order valence-electron chi connectivity index (χ0n) is 11.5. The third kappa shape index (κ3) is 3.24. The van der Waals surface area contributed by atoms with Crippen LogP contribution >= 0.6 is 0 Å². The van der Waals surface area contributed by atoms with Crippen molar-refractivity contribution in [2.45, 2.75) is 20.0 Å². The molecule has 2 aromatic carbocycles. The maximum absolute atomic E-state index is 13.6. The molecule has 0 saturated carbocycles. The Bertz CT molecular complexity index is 681. The Morgan fingerprint density at radius 3 is 2.43 bits per heavy atom. The van der Waals surface area contributed by atoms with E-state index in [1.165, 1.54) is 12.1 Å². The molecule has 2 nitrogen and oxygen atoms in total. The van der Waals surface area contributed by atoms with Gasteiger partial charge in [-0.05, 0) is 38.1 Å². The second-order valence-electron chi connectivity index (χ2n) is 4.75. The van der Waals surface area contributed by atoms with E-state index in [-0.39, 0.29) is 11.7 Å². The lowest BCUT2D eigenvalue weighted by molar-refractivity contribution is 0.103. The second kappa shape index (κ2) is 5.99. The number of carbonyl (C=O) groups excluding carboxylic acids is 1. The van der Waals surface area contributed by atoms with Crippen LogP contribution in [0.15, 0.2) is 36.4 Å². The van der Waals surface area contributed by atoms with Crippen LogP contribution in [0.1, 0.15) is 29.8 Å². The van der Waals surface area contributed by atoms with Crippen LogP contribution in [0.5, 0.6) is 5.75 Å². The van der Waals surface area contributed by atoms with Gasteiger partial charge in [0.25, 0.3) is 0 Å². The molecule has 21 heavy (non-hydrogen) atoms. The molecule has 0 bridgehead atoms. The zero-order chi connectivity index (χ0) is 15.6. The quantitative estimate of drug-likeness (QED) is 0.626. The van der Waals surface area contributed by atoms with Crippen molar-refractivity contribution in [3.05, 3.63) is 65.0 Å². The minimum absolute atomic E-state index is 0.0876. The zero-order valence-corrected chi connectivity index (χ0v) is 11.5. The molecule has 0 saturated heterocycles. The number of rotatable bonds is 4. The van der Waals surface area contributed by atoms with E-state index in [4.69, 9.17) is 4.74 Å². The molecule has 0 N–H and O–H groups in total. The highest BCUT2D eigenvalue weighted by molar-refractivity contribution is 6.09. The normalized spacial score (nSPS) is 10.8. The van der Waals surface area contributed by atoms with Crippen LogP contribution in [0.4, 0.5) is 13.2 Å². The summed E-state index contributed by atoms with van der Waals surface area (Å²) in [5.74, 6) is -4.77. The molecule has 0 radical (unpaired) electrons. The molecule has 2 aromatic rings. The molecule has 0 aliphatic heterocycles. The fourth-order valence-corrected chi connectivity index (χ4v) is 1.84. The van der Waals surface area contributed by atoms with Crippen molar-refractivity contribution in [1.29, 1.82) is 0 Å². The van der Waals surface area contributed by atoms with E-state index in [0.717, 1.165) is 12.1 Å². The van der Waals surface area contributed by atoms with Gasteiger partial charge >= 0.3 is 0 Å². The molecule has 0 atom stereocenters. The summed E-state index contributed by atoms with van der Waals surface area (Å²) in [5, 5.41) is 0. The molecule has 0 spiro atoms. The summed E-state index contributed by atoms with van der Waals surface area (Å²) in [6.07, 6.45) is -0.0876. The van der Waals surface area contributed by atoms with E-state index in [9.17, 15) is 18.0 Å². The summed E-state index contributed by atoms with van der Waals surface area (Å²) in [4.78, 5) is 12.2. The van der Waals surface area contributed by atoms with Gasteiger partial charge in [0.15, 0.2) is 23.2 Å². The molecule has 0 aliphatic carbocycles. The largest absolute Gasteiger partial charge is 0.491 e. The van der Waals surface area contributed by atoms with Gasteiger partial charge in [-0.3, -0.25) is 4.79 Å². The third-order valence-electron chi connectivity index (χ3n) is 2.75. The van der Waals surface area contributed by atoms with Crippen molar-refractivity contribution < 1.29 is 22.7 Å². The highest BCUT2D eigenvalue weighted by Gasteiger charge is 2.20. The lowest BCUT2D eigenvalue weighted by Crippen LogP contribution is -2.09. The average molecular weight is 294 g/mol. The molecule has 0 amide bonds. The first kappa shape index (κ1) is 15.1. The maximum Gasteiger partial charge on any atom is 0.196 e. The fourth-order valence-electron chi connectivity index (χ4n) is 1.84. The molecule has 0 aromatic heterocycles. The van der Waals surface area contributed by atoms with E-state index in [1.54, 1.807) is 12.1 Å². The second-order valence-corrected chi connectivity index (χ2v) is 4.75. The van der Waals surface area contributed by atoms with Crippen molar-refractivity contribution in [3.8, 4) is 5.75 Å². The Kier molecular flexibility index (Phi) is 4.31. The molecule has 5 heteroatoms. The van der Waals surface area contributed by atoms with Crippen LogP contribution in [-0.2, 0) is 0 Å². The van der Waals surface area contributed by atoms with Gasteiger partial charge in [0.1, 0.15) is 5.75 Å². The number of hydrogen-bond donors (Lipinski definition) is 0. The minimum Gasteiger partial charge on any atom is -0.491 e. The Labute approximate surface area is 120 Å². The van der Waals surface area contributed by atoms with Gasteiger partial charge in [0, 0.05) is 5.56 Å². The van der Waals surface area contributed by atoms with Crippen molar-refractivity contribution in [2.24, 2.45) is 0 Å². The topological polar surface area (TPSA) is 26.3 Å². The molecule has 0 fully saturated rings. The van der Waals surface area contributed by atoms with E-state index < -0.39 is 28.8 Å².